The van der Waals surface area contributed by atoms with Crippen molar-refractivity contribution in [1.82, 2.24) is 29.9 Å². The van der Waals surface area contributed by atoms with Crippen LogP contribution in [0.1, 0.15) is 79.7 Å². The fourth-order valence-electron chi connectivity index (χ4n) is 4.33. The van der Waals surface area contributed by atoms with Crippen molar-refractivity contribution in [2.75, 3.05) is 13.1 Å². The minimum absolute atomic E-state index is 0.0415. The summed E-state index contributed by atoms with van der Waals surface area (Å²) in [5.74, 6) is 3.28. The van der Waals surface area contributed by atoms with Gasteiger partial charge in [-0.15, -0.1) is 10.2 Å². The first kappa shape index (κ1) is 18.2. The van der Waals surface area contributed by atoms with Crippen molar-refractivity contribution < 1.29 is 4.79 Å². The summed E-state index contributed by atoms with van der Waals surface area (Å²) in [6.45, 7) is 6.90. The van der Waals surface area contributed by atoms with Crippen LogP contribution in [0, 0.1) is 5.92 Å². The summed E-state index contributed by atoms with van der Waals surface area (Å²) < 4.78 is 2.35. The molecule has 0 saturated carbocycles. The van der Waals surface area contributed by atoms with Crippen LogP contribution in [0.3, 0.4) is 0 Å². The van der Waals surface area contributed by atoms with E-state index >= 15 is 0 Å². The average Bonchev–Trinajstić information content (AvgIpc) is 3.22. The summed E-state index contributed by atoms with van der Waals surface area (Å²) >= 11 is 0. The van der Waals surface area contributed by atoms with Crippen LogP contribution < -0.4 is 0 Å². The van der Waals surface area contributed by atoms with Crippen molar-refractivity contribution in [2.45, 2.75) is 71.3 Å². The van der Waals surface area contributed by atoms with Crippen molar-refractivity contribution in [3.8, 4) is 0 Å². The monoisotopic (exact) mass is 370 g/mol. The molecule has 0 aromatic carbocycles. The van der Waals surface area contributed by atoms with Gasteiger partial charge in [0, 0.05) is 37.7 Å². The minimum atomic E-state index is 0.0415. The van der Waals surface area contributed by atoms with E-state index in [-0.39, 0.29) is 5.91 Å². The summed E-state index contributed by atoms with van der Waals surface area (Å²) in [6, 6.07) is 1.91. The number of hydrogen-bond donors (Lipinski definition) is 1. The second kappa shape index (κ2) is 7.82. The van der Waals surface area contributed by atoms with Crippen LogP contribution in [-0.4, -0.2) is 48.9 Å². The second-order valence-electron chi connectivity index (χ2n) is 8.38. The van der Waals surface area contributed by atoms with E-state index in [2.05, 4.69) is 38.8 Å². The van der Waals surface area contributed by atoms with Gasteiger partial charge in [-0.3, -0.25) is 9.89 Å². The molecule has 4 heterocycles. The molecule has 1 amide bonds. The molecule has 0 bridgehead atoms. The van der Waals surface area contributed by atoms with E-state index in [0.717, 1.165) is 62.7 Å². The topological polar surface area (TPSA) is 79.7 Å². The molecule has 1 N–H and O–H groups in total. The number of nitrogens with one attached hydrogen (secondary N) is 1. The number of amides is 1. The third-order valence-corrected chi connectivity index (χ3v) is 5.76. The molecule has 0 unspecified atom stereocenters. The first-order valence-corrected chi connectivity index (χ1v) is 10.4. The molecule has 1 fully saturated rings. The number of rotatable bonds is 4. The van der Waals surface area contributed by atoms with Crippen LogP contribution in [-0.2, 0) is 19.4 Å². The summed E-state index contributed by atoms with van der Waals surface area (Å²) in [4.78, 5) is 14.7. The first-order chi connectivity index (χ1) is 13.1. The number of likely N-dealkylation sites (tertiary alicyclic amines) is 1. The van der Waals surface area contributed by atoms with Gasteiger partial charge in [-0.2, -0.15) is 5.10 Å². The zero-order valence-electron chi connectivity index (χ0n) is 16.4. The van der Waals surface area contributed by atoms with Crippen LogP contribution in [0.5, 0.6) is 0 Å². The molecule has 2 aromatic rings. The molecule has 0 spiro atoms. The molecule has 0 atom stereocenters. The van der Waals surface area contributed by atoms with Crippen molar-refractivity contribution in [3.63, 3.8) is 0 Å². The van der Waals surface area contributed by atoms with Gasteiger partial charge in [0.15, 0.2) is 0 Å². The predicted molar refractivity (Wildman–Crippen MR) is 103 cm³/mol. The van der Waals surface area contributed by atoms with E-state index in [1.54, 1.807) is 0 Å². The maximum atomic E-state index is 12.8. The fraction of sp³-hybridized carbons (Fsp3) is 0.700. The Kier molecular flexibility index (Phi) is 5.27. The smallest absolute Gasteiger partial charge is 0.274 e. The van der Waals surface area contributed by atoms with Crippen LogP contribution in [0.15, 0.2) is 6.07 Å². The number of carbonyl (C=O) groups excluding carboxylic acids is 1. The fourth-order valence-corrected chi connectivity index (χ4v) is 4.33. The molecule has 27 heavy (non-hydrogen) atoms. The van der Waals surface area contributed by atoms with Gasteiger partial charge in [-0.25, -0.2) is 0 Å². The third-order valence-electron chi connectivity index (χ3n) is 5.76. The minimum Gasteiger partial charge on any atom is -0.337 e. The van der Waals surface area contributed by atoms with Gasteiger partial charge >= 0.3 is 0 Å². The van der Waals surface area contributed by atoms with Crippen LogP contribution >= 0.6 is 0 Å². The second-order valence-corrected chi connectivity index (χ2v) is 8.38. The van der Waals surface area contributed by atoms with E-state index in [1.165, 1.54) is 19.3 Å². The number of aromatic nitrogens is 5. The van der Waals surface area contributed by atoms with Gasteiger partial charge < -0.3 is 9.47 Å². The number of fused-ring (bicyclic) bond motifs is 1. The summed E-state index contributed by atoms with van der Waals surface area (Å²) in [5.41, 5.74) is 1.58. The number of carbonyl (C=O) groups is 1. The zero-order valence-corrected chi connectivity index (χ0v) is 16.4. The zero-order chi connectivity index (χ0) is 18.8. The van der Waals surface area contributed by atoms with Crippen LogP contribution in [0.2, 0.25) is 0 Å². The number of hydrogen-bond acceptors (Lipinski definition) is 4. The molecule has 2 aliphatic rings. The highest BCUT2D eigenvalue weighted by atomic mass is 16.2. The molecule has 146 valence electrons. The van der Waals surface area contributed by atoms with Crippen molar-refractivity contribution in [1.29, 1.82) is 0 Å². The Morgan fingerprint density at radius 3 is 2.78 bits per heavy atom. The lowest BCUT2D eigenvalue weighted by Crippen LogP contribution is -2.38. The van der Waals surface area contributed by atoms with Crippen molar-refractivity contribution in [3.05, 3.63) is 29.1 Å². The Morgan fingerprint density at radius 1 is 1.19 bits per heavy atom. The lowest BCUT2D eigenvalue weighted by molar-refractivity contribution is 0.0704. The SMILES string of the molecule is CC(C)Cc1cc(C(=O)N2CCC(c3nnc4n3CCCCC4)CC2)n[nH]1. The summed E-state index contributed by atoms with van der Waals surface area (Å²) in [5, 5.41) is 16.2. The molecule has 0 aliphatic carbocycles. The number of piperidine rings is 1. The molecule has 7 nitrogen and oxygen atoms in total. The van der Waals surface area contributed by atoms with Gasteiger partial charge in [0.2, 0.25) is 0 Å². The summed E-state index contributed by atoms with van der Waals surface area (Å²) in [7, 11) is 0. The highest BCUT2D eigenvalue weighted by Crippen LogP contribution is 2.29. The predicted octanol–water partition coefficient (Wildman–Crippen LogP) is 2.95. The Labute approximate surface area is 160 Å². The molecular formula is C20H30N6O. The van der Waals surface area contributed by atoms with Crippen molar-refractivity contribution >= 4 is 5.91 Å². The van der Waals surface area contributed by atoms with Gasteiger partial charge in [-0.05, 0) is 44.1 Å². The van der Waals surface area contributed by atoms with Crippen LogP contribution in [0.4, 0.5) is 0 Å². The number of aromatic amines is 1. The van der Waals surface area contributed by atoms with E-state index in [9.17, 15) is 4.79 Å². The molecule has 0 radical (unpaired) electrons. The molecule has 4 rings (SSSR count). The lowest BCUT2D eigenvalue weighted by atomic mass is 9.95. The van der Waals surface area contributed by atoms with E-state index in [1.807, 2.05) is 11.0 Å². The van der Waals surface area contributed by atoms with Gasteiger partial charge in [-0.1, -0.05) is 20.3 Å². The van der Waals surface area contributed by atoms with Gasteiger partial charge in [0.1, 0.15) is 17.3 Å². The molecule has 1 saturated heterocycles. The maximum absolute atomic E-state index is 12.8. The molecule has 2 aromatic heterocycles. The Morgan fingerprint density at radius 2 is 2.00 bits per heavy atom. The Balaban J connectivity index is 1.38. The molecular weight excluding hydrogens is 340 g/mol. The molecule has 7 heteroatoms. The highest BCUT2D eigenvalue weighted by molar-refractivity contribution is 5.92. The largest absolute Gasteiger partial charge is 0.337 e. The van der Waals surface area contributed by atoms with E-state index in [4.69, 9.17) is 0 Å². The highest BCUT2D eigenvalue weighted by Gasteiger charge is 2.29. The average molecular weight is 371 g/mol. The standard InChI is InChI=1S/C20H30N6O/c1-14(2)12-16-13-17(22-21-16)20(27)25-10-7-15(8-11-25)19-24-23-18-6-4-3-5-9-26(18)19/h13-15H,3-12H2,1-2H3,(H,21,22). The first-order valence-electron chi connectivity index (χ1n) is 10.4. The molecule has 2 aliphatic heterocycles. The van der Waals surface area contributed by atoms with E-state index in [0.29, 0.717) is 17.5 Å². The quantitative estimate of drug-likeness (QED) is 0.897. The number of H-pyrrole nitrogens is 1. The normalized spacial score (nSPS) is 18.6. The van der Waals surface area contributed by atoms with Crippen molar-refractivity contribution in [2.24, 2.45) is 5.92 Å². The summed E-state index contributed by atoms with van der Waals surface area (Å²) in [6.07, 6.45) is 7.57. The third kappa shape index (κ3) is 3.92. The van der Waals surface area contributed by atoms with Gasteiger partial charge in [0.05, 0.1) is 0 Å². The maximum Gasteiger partial charge on any atom is 0.274 e. The van der Waals surface area contributed by atoms with Crippen LogP contribution in [0.25, 0.3) is 0 Å². The lowest BCUT2D eigenvalue weighted by Gasteiger charge is -2.31. The number of nitrogens with zero attached hydrogens (tertiary/aromatic N) is 5. The Hall–Kier alpha value is -2.18. The van der Waals surface area contributed by atoms with Gasteiger partial charge in [0.25, 0.3) is 5.91 Å². The number of aryl methyl sites for hydroxylation is 1. The van der Waals surface area contributed by atoms with E-state index < -0.39 is 0 Å². The Bertz CT molecular complexity index is 784.